The van der Waals surface area contributed by atoms with Crippen molar-refractivity contribution in [1.82, 2.24) is 5.32 Å². The second kappa shape index (κ2) is 6.99. The van der Waals surface area contributed by atoms with Gasteiger partial charge in [-0.05, 0) is 38.1 Å². The minimum absolute atomic E-state index is 0.343. The van der Waals surface area contributed by atoms with E-state index in [0.717, 1.165) is 27.9 Å². The van der Waals surface area contributed by atoms with Gasteiger partial charge in [0.1, 0.15) is 12.4 Å². The van der Waals surface area contributed by atoms with Gasteiger partial charge in [-0.3, -0.25) is 0 Å². The summed E-state index contributed by atoms with van der Waals surface area (Å²) in [5.74, 6) is 0.870. The molecule has 3 nitrogen and oxygen atoms in total. The smallest absolute Gasteiger partial charge is 0.126 e. The van der Waals surface area contributed by atoms with Crippen molar-refractivity contribution in [3.63, 3.8) is 0 Å². The Hall–Kier alpha value is -0.580. The van der Waals surface area contributed by atoms with Crippen molar-refractivity contribution in [1.29, 1.82) is 0 Å². The molecular weight excluding hydrogens is 282 g/mol. The summed E-state index contributed by atoms with van der Waals surface area (Å²) in [6.07, 6.45) is 0.303. The highest BCUT2D eigenvalue weighted by molar-refractivity contribution is 9.10. The van der Waals surface area contributed by atoms with E-state index in [1.165, 1.54) is 0 Å². The fourth-order valence-electron chi connectivity index (χ4n) is 1.62. The SMILES string of the molecule is CCC(O)COc1c(C)cc(Br)cc1CNC. The van der Waals surface area contributed by atoms with Crippen LogP contribution in [-0.4, -0.2) is 24.9 Å². The van der Waals surface area contributed by atoms with Gasteiger partial charge in [0.25, 0.3) is 0 Å². The van der Waals surface area contributed by atoms with Gasteiger partial charge in [-0.1, -0.05) is 22.9 Å². The summed E-state index contributed by atoms with van der Waals surface area (Å²) in [4.78, 5) is 0. The monoisotopic (exact) mass is 301 g/mol. The van der Waals surface area contributed by atoms with Gasteiger partial charge >= 0.3 is 0 Å². The highest BCUT2D eigenvalue weighted by Crippen LogP contribution is 2.28. The van der Waals surface area contributed by atoms with Gasteiger partial charge < -0.3 is 15.2 Å². The largest absolute Gasteiger partial charge is 0.490 e. The fourth-order valence-corrected chi connectivity index (χ4v) is 2.24. The fraction of sp³-hybridized carbons (Fsp3) is 0.538. The molecule has 96 valence electrons. The Morgan fingerprint density at radius 1 is 1.47 bits per heavy atom. The lowest BCUT2D eigenvalue weighted by Gasteiger charge is -2.16. The number of hydrogen-bond donors (Lipinski definition) is 2. The normalized spacial score (nSPS) is 12.5. The van der Waals surface area contributed by atoms with E-state index in [-0.39, 0.29) is 0 Å². The molecule has 0 aliphatic carbocycles. The maximum absolute atomic E-state index is 9.54. The summed E-state index contributed by atoms with van der Waals surface area (Å²) in [5, 5.41) is 12.7. The highest BCUT2D eigenvalue weighted by Gasteiger charge is 2.10. The molecule has 0 aliphatic rings. The number of aryl methyl sites for hydroxylation is 1. The summed E-state index contributed by atoms with van der Waals surface area (Å²) >= 11 is 3.48. The van der Waals surface area contributed by atoms with Crippen LogP contribution in [0.2, 0.25) is 0 Å². The van der Waals surface area contributed by atoms with Crippen molar-refractivity contribution in [2.45, 2.75) is 32.9 Å². The molecule has 1 aromatic rings. The molecular formula is C13H20BrNO2. The third-order valence-corrected chi connectivity index (χ3v) is 3.03. The van der Waals surface area contributed by atoms with Crippen LogP contribution in [0.3, 0.4) is 0 Å². The van der Waals surface area contributed by atoms with Gasteiger partial charge in [0.05, 0.1) is 6.10 Å². The van der Waals surface area contributed by atoms with E-state index in [4.69, 9.17) is 4.74 Å². The van der Waals surface area contributed by atoms with E-state index in [2.05, 4.69) is 21.2 Å². The molecule has 0 heterocycles. The zero-order valence-electron chi connectivity index (χ0n) is 10.6. The van der Waals surface area contributed by atoms with Crippen molar-refractivity contribution < 1.29 is 9.84 Å². The third kappa shape index (κ3) is 4.30. The molecule has 2 N–H and O–H groups in total. The highest BCUT2D eigenvalue weighted by atomic mass is 79.9. The van der Waals surface area contributed by atoms with E-state index >= 15 is 0 Å². The third-order valence-electron chi connectivity index (χ3n) is 2.57. The van der Waals surface area contributed by atoms with Gasteiger partial charge in [-0.2, -0.15) is 0 Å². The first kappa shape index (κ1) is 14.5. The Morgan fingerprint density at radius 2 is 2.18 bits per heavy atom. The van der Waals surface area contributed by atoms with Crippen LogP contribution in [0.25, 0.3) is 0 Å². The molecule has 1 unspecified atom stereocenters. The molecule has 0 saturated heterocycles. The number of halogens is 1. The lowest BCUT2D eigenvalue weighted by atomic mass is 10.1. The minimum Gasteiger partial charge on any atom is -0.490 e. The van der Waals surface area contributed by atoms with Crippen molar-refractivity contribution in [3.8, 4) is 5.75 Å². The van der Waals surface area contributed by atoms with E-state index < -0.39 is 6.10 Å². The van der Waals surface area contributed by atoms with Crippen LogP contribution < -0.4 is 10.1 Å². The van der Waals surface area contributed by atoms with Crippen molar-refractivity contribution in [2.75, 3.05) is 13.7 Å². The summed E-state index contributed by atoms with van der Waals surface area (Å²) in [7, 11) is 1.90. The molecule has 1 rings (SSSR count). The number of aliphatic hydroxyl groups is 1. The predicted molar refractivity (Wildman–Crippen MR) is 73.4 cm³/mol. The summed E-state index contributed by atoms with van der Waals surface area (Å²) in [5.41, 5.74) is 2.18. The average molecular weight is 302 g/mol. The first-order valence-corrected chi connectivity index (χ1v) is 6.62. The number of rotatable bonds is 6. The topological polar surface area (TPSA) is 41.5 Å². The van der Waals surface area contributed by atoms with E-state index in [1.54, 1.807) is 0 Å². The Labute approximate surface area is 111 Å². The van der Waals surface area contributed by atoms with Crippen molar-refractivity contribution in [3.05, 3.63) is 27.7 Å². The zero-order chi connectivity index (χ0) is 12.8. The Kier molecular flexibility index (Phi) is 5.95. The van der Waals surface area contributed by atoms with E-state index in [9.17, 15) is 5.11 Å². The van der Waals surface area contributed by atoms with Crippen LogP contribution in [0.4, 0.5) is 0 Å². The van der Waals surface area contributed by atoms with Crippen LogP contribution in [0.5, 0.6) is 5.75 Å². The lowest BCUT2D eigenvalue weighted by molar-refractivity contribution is 0.103. The van der Waals surface area contributed by atoms with Gasteiger partial charge in [-0.15, -0.1) is 0 Å². The standard InChI is InChI=1S/C13H20BrNO2/c1-4-12(16)8-17-13-9(2)5-11(14)6-10(13)7-15-3/h5-6,12,15-16H,4,7-8H2,1-3H3. The summed E-state index contributed by atoms with van der Waals surface area (Å²) in [6.45, 7) is 5.04. The minimum atomic E-state index is -0.402. The first-order valence-electron chi connectivity index (χ1n) is 5.83. The van der Waals surface area contributed by atoms with Crippen LogP contribution in [0.1, 0.15) is 24.5 Å². The number of ether oxygens (including phenoxy) is 1. The maximum Gasteiger partial charge on any atom is 0.126 e. The molecule has 0 bridgehead atoms. The lowest BCUT2D eigenvalue weighted by Crippen LogP contribution is -2.18. The molecule has 0 aromatic heterocycles. The van der Waals surface area contributed by atoms with Crippen molar-refractivity contribution in [2.24, 2.45) is 0 Å². The Balaban J connectivity index is 2.87. The molecule has 0 amide bonds. The van der Waals surface area contributed by atoms with Gasteiger partial charge in [0.2, 0.25) is 0 Å². The molecule has 17 heavy (non-hydrogen) atoms. The Bertz CT molecular complexity index is 369. The van der Waals surface area contributed by atoms with Gasteiger partial charge in [-0.25, -0.2) is 0 Å². The number of aliphatic hydroxyl groups excluding tert-OH is 1. The molecule has 1 aromatic carbocycles. The number of nitrogens with one attached hydrogen (secondary N) is 1. The van der Waals surface area contributed by atoms with Gasteiger partial charge in [0, 0.05) is 16.6 Å². The predicted octanol–water partition coefficient (Wildman–Crippen LogP) is 2.63. The summed E-state index contributed by atoms with van der Waals surface area (Å²) in [6, 6.07) is 4.06. The van der Waals surface area contributed by atoms with Crippen LogP contribution in [0.15, 0.2) is 16.6 Å². The maximum atomic E-state index is 9.54. The molecule has 0 saturated carbocycles. The average Bonchev–Trinajstić information content (AvgIpc) is 2.27. The molecule has 1 atom stereocenters. The molecule has 0 fully saturated rings. The van der Waals surface area contributed by atoms with Crippen LogP contribution in [0, 0.1) is 6.92 Å². The summed E-state index contributed by atoms with van der Waals surface area (Å²) < 4.78 is 6.76. The number of hydrogen-bond acceptors (Lipinski definition) is 3. The second-order valence-electron chi connectivity index (χ2n) is 4.11. The van der Waals surface area contributed by atoms with Gasteiger partial charge in [0.15, 0.2) is 0 Å². The molecule has 0 aliphatic heterocycles. The number of benzene rings is 1. The van der Waals surface area contributed by atoms with Crippen molar-refractivity contribution >= 4 is 15.9 Å². The van der Waals surface area contributed by atoms with E-state index in [0.29, 0.717) is 13.0 Å². The molecule has 0 spiro atoms. The zero-order valence-corrected chi connectivity index (χ0v) is 12.2. The first-order chi connectivity index (χ1) is 8.08. The van der Waals surface area contributed by atoms with Crippen LogP contribution in [-0.2, 0) is 6.54 Å². The van der Waals surface area contributed by atoms with E-state index in [1.807, 2.05) is 33.0 Å². The van der Waals surface area contributed by atoms with Crippen LogP contribution >= 0.6 is 15.9 Å². The molecule has 0 radical (unpaired) electrons. The Morgan fingerprint density at radius 3 is 2.76 bits per heavy atom. The molecule has 4 heteroatoms. The quantitative estimate of drug-likeness (QED) is 0.849. The second-order valence-corrected chi connectivity index (χ2v) is 5.03.